The van der Waals surface area contributed by atoms with E-state index in [1.807, 2.05) is 0 Å². The summed E-state index contributed by atoms with van der Waals surface area (Å²) in [6.07, 6.45) is -3.70. The van der Waals surface area contributed by atoms with E-state index in [0.29, 0.717) is 75.0 Å². The minimum atomic E-state index is -4.25. The number of fused-ring (bicyclic) bond motifs is 1. The molecule has 1 aromatic heterocycles. The Balaban J connectivity index is 1.40. The summed E-state index contributed by atoms with van der Waals surface area (Å²) in [4.78, 5) is 18.5. The lowest BCUT2D eigenvalue weighted by Gasteiger charge is -2.35. The Morgan fingerprint density at radius 3 is 2.63 bits per heavy atom. The van der Waals surface area contributed by atoms with Crippen LogP contribution in [0.15, 0.2) is 24.3 Å². The van der Waals surface area contributed by atoms with E-state index >= 15 is 0 Å². The molecule has 2 fully saturated rings. The van der Waals surface area contributed by atoms with Crippen molar-refractivity contribution in [1.29, 1.82) is 0 Å². The number of amides is 1. The SMILES string of the molecule is Cn1c(Nc2c(Cl)ccc(CNC(=O)C3CNC3)c2Cl)nc2cc(Cl)c(N3CCCC(C(F)(F)F)C3)cc21. The fraction of sp³-hybridized carbons (Fsp3) is 0.440. The van der Waals surface area contributed by atoms with Gasteiger partial charge in [0, 0.05) is 39.8 Å². The number of nitrogens with one attached hydrogen (secondary N) is 3. The molecule has 38 heavy (non-hydrogen) atoms. The van der Waals surface area contributed by atoms with Gasteiger partial charge in [0.1, 0.15) is 0 Å². The molecule has 3 N–H and O–H groups in total. The molecule has 2 aliphatic rings. The molecule has 204 valence electrons. The summed E-state index contributed by atoms with van der Waals surface area (Å²) in [5.41, 5.74) is 2.91. The molecule has 1 atom stereocenters. The van der Waals surface area contributed by atoms with Crippen molar-refractivity contribution in [3.63, 3.8) is 0 Å². The number of alkyl halides is 3. The number of aromatic nitrogens is 2. The number of rotatable bonds is 6. The Hall–Kier alpha value is -2.40. The molecule has 1 unspecified atom stereocenters. The molecule has 0 radical (unpaired) electrons. The predicted octanol–water partition coefficient (Wildman–Crippen LogP) is 5.89. The van der Waals surface area contributed by atoms with Crippen molar-refractivity contribution < 1.29 is 18.0 Å². The Kier molecular flexibility index (Phi) is 7.61. The molecule has 0 aliphatic carbocycles. The number of imidazole rings is 1. The highest BCUT2D eigenvalue weighted by molar-refractivity contribution is 6.39. The summed E-state index contributed by atoms with van der Waals surface area (Å²) in [6, 6.07) is 6.86. The minimum absolute atomic E-state index is 0.0393. The Morgan fingerprint density at radius 1 is 1.18 bits per heavy atom. The Bertz CT molecular complexity index is 1370. The predicted molar refractivity (Wildman–Crippen MR) is 145 cm³/mol. The van der Waals surface area contributed by atoms with Crippen molar-refractivity contribution in [2.75, 3.05) is 36.4 Å². The van der Waals surface area contributed by atoms with Gasteiger partial charge >= 0.3 is 6.18 Å². The van der Waals surface area contributed by atoms with Gasteiger partial charge in [-0.05, 0) is 36.6 Å². The Morgan fingerprint density at radius 2 is 1.95 bits per heavy atom. The normalized spacial score (nSPS) is 18.5. The zero-order valence-electron chi connectivity index (χ0n) is 20.4. The van der Waals surface area contributed by atoms with Crippen molar-refractivity contribution >= 4 is 69.1 Å². The van der Waals surface area contributed by atoms with E-state index in [-0.39, 0.29) is 31.3 Å². The minimum Gasteiger partial charge on any atom is -0.370 e. The number of benzene rings is 2. The second kappa shape index (κ2) is 10.6. The number of halogens is 6. The van der Waals surface area contributed by atoms with Gasteiger partial charge in [0.05, 0.1) is 49.3 Å². The molecule has 2 aliphatic heterocycles. The van der Waals surface area contributed by atoms with E-state index in [2.05, 4.69) is 20.9 Å². The second-order valence-electron chi connectivity index (χ2n) is 9.71. The van der Waals surface area contributed by atoms with Crippen LogP contribution in [0.4, 0.5) is 30.5 Å². The van der Waals surface area contributed by atoms with Crippen molar-refractivity contribution in [3.8, 4) is 0 Å². The molecule has 5 rings (SSSR count). The molecule has 3 aromatic rings. The van der Waals surface area contributed by atoms with Crippen molar-refractivity contribution in [2.24, 2.45) is 18.9 Å². The molecular formula is C25H26Cl3F3N6O. The first-order valence-corrected chi connectivity index (χ1v) is 13.4. The van der Waals surface area contributed by atoms with Gasteiger partial charge in [-0.15, -0.1) is 0 Å². The number of piperidine rings is 1. The van der Waals surface area contributed by atoms with Crippen LogP contribution in [0.5, 0.6) is 0 Å². The first-order valence-electron chi connectivity index (χ1n) is 12.2. The van der Waals surface area contributed by atoms with E-state index in [9.17, 15) is 18.0 Å². The summed E-state index contributed by atoms with van der Waals surface area (Å²) in [6.45, 7) is 1.92. The van der Waals surface area contributed by atoms with E-state index < -0.39 is 12.1 Å². The maximum atomic E-state index is 13.4. The second-order valence-corrected chi connectivity index (χ2v) is 10.9. The molecule has 7 nitrogen and oxygen atoms in total. The zero-order chi connectivity index (χ0) is 27.2. The smallest absolute Gasteiger partial charge is 0.370 e. The lowest BCUT2D eigenvalue weighted by atomic mass is 9.97. The van der Waals surface area contributed by atoms with Crippen molar-refractivity contribution in [3.05, 3.63) is 44.9 Å². The lowest BCUT2D eigenvalue weighted by molar-refractivity contribution is -0.176. The van der Waals surface area contributed by atoms with Gasteiger partial charge < -0.3 is 25.4 Å². The summed E-state index contributed by atoms with van der Waals surface area (Å²) in [7, 11) is 1.78. The number of carbonyl (C=O) groups excluding carboxylic acids is 1. The number of hydrogen-bond acceptors (Lipinski definition) is 5. The molecule has 2 saturated heterocycles. The molecule has 0 spiro atoms. The summed E-state index contributed by atoms with van der Waals surface area (Å²) in [5, 5.41) is 10.2. The average Bonchev–Trinajstić information content (AvgIpc) is 3.13. The van der Waals surface area contributed by atoms with Crippen LogP contribution in [0.1, 0.15) is 18.4 Å². The molecule has 1 amide bonds. The molecular weight excluding hydrogens is 564 g/mol. The van der Waals surface area contributed by atoms with Crippen molar-refractivity contribution in [1.82, 2.24) is 20.2 Å². The van der Waals surface area contributed by atoms with Crippen LogP contribution in [-0.2, 0) is 18.4 Å². The largest absolute Gasteiger partial charge is 0.393 e. The van der Waals surface area contributed by atoms with Gasteiger partial charge in [0.25, 0.3) is 0 Å². The third-order valence-electron chi connectivity index (χ3n) is 7.19. The Labute approximate surface area is 232 Å². The van der Waals surface area contributed by atoms with Gasteiger partial charge in [-0.25, -0.2) is 4.98 Å². The highest BCUT2D eigenvalue weighted by atomic mass is 35.5. The van der Waals surface area contributed by atoms with Crippen LogP contribution >= 0.6 is 34.8 Å². The molecule has 0 bridgehead atoms. The van der Waals surface area contributed by atoms with Crippen LogP contribution in [-0.4, -0.2) is 47.8 Å². The van der Waals surface area contributed by atoms with Crippen LogP contribution in [0.3, 0.4) is 0 Å². The highest BCUT2D eigenvalue weighted by Crippen LogP contribution is 2.40. The van der Waals surface area contributed by atoms with Crippen LogP contribution in [0.25, 0.3) is 11.0 Å². The standard InChI is InChI=1S/C25H26Cl3F3N6O/c1-36-20-8-19(37-6-2-3-15(12-37)25(29,30)31)17(27)7-18(20)34-24(36)35-22-16(26)5-4-13(21(22)28)11-33-23(38)14-9-32-10-14/h4-5,7-8,14-15,32H,2-3,6,9-12H2,1H3,(H,33,38)(H,34,35). The molecule has 3 heterocycles. The van der Waals surface area contributed by atoms with Gasteiger partial charge in [0.2, 0.25) is 11.9 Å². The lowest BCUT2D eigenvalue weighted by Crippen LogP contribution is -2.50. The van der Waals surface area contributed by atoms with Crippen LogP contribution < -0.4 is 20.9 Å². The quantitative estimate of drug-likeness (QED) is 0.334. The molecule has 0 saturated carbocycles. The maximum absolute atomic E-state index is 13.4. The van der Waals surface area contributed by atoms with Crippen LogP contribution in [0, 0.1) is 11.8 Å². The summed E-state index contributed by atoms with van der Waals surface area (Å²) >= 11 is 19.6. The highest BCUT2D eigenvalue weighted by Gasteiger charge is 2.42. The fourth-order valence-corrected chi connectivity index (χ4v) is 5.59. The van der Waals surface area contributed by atoms with Crippen LogP contribution in [0.2, 0.25) is 15.1 Å². The van der Waals surface area contributed by atoms with E-state index in [0.717, 1.165) is 0 Å². The topological polar surface area (TPSA) is 74.2 Å². The first kappa shape index (κ1) is 27.2. The van der Waals surface area contributed by atoms with Crippen molar-refractivity contribution in [2.45, 2.75) is 25.6 Å². The van der Waals surface area contributed by atoms with Gasteiger partial charge in [-0.3, -0.25) is 4.79 Å². The zero-order valence-corrected chi connectivity index (χ0v) is 22.7. The van der Waals surface area contributed by atoms with Gasteiger partial charge in [0.15, 0.2) is 0 Å². The third kappa shape index (κ3) is 5.36. The fourth-order valence-electron chi connectivity index (χ4n) is 4.78. The average molecular weight is 590 g/mol. The van der Waals surface area contributed by atoms with E-state index in [1.165, 1.54) is 0 Å². The number of anilines is 3. The van der Waals surface area contributed by atoms with Gasteiger partial charge in [-0.1, -0.05) is 40.9 Å². The summed E-state index contributed by atoms with van der Waals surface area (Å²) < 4.78 is 41.9. The summed E-state index contributed by atoms with van der Waals surface area (Å²) in [5.74, 6) is -1.05. The number of carbonyl (C=O) groups is 1. The van der Waals surface area contributed by atoms with E-state index in [1.54, 1.807) is 40.8 Å². The van der Waals surface area contributed by atoms with E-state index in [4.69, 9.17) is 34.8 Å². The third-order valence-corrected chi connectivity index (χ3v) is 8.24. The monoisotopic (exact) mass is 588 g/mol. The number of nitrogens with zero attached hydrogens (tertiary/aromatic N) is 3. The molecule has 2 aromatic carbocycles. The number of hydrogen-bond donors (Lipinski definition) is 3. The number of aryl methyl sites for hydroxylation is 1. The molecule has 13 heteroatoms. The first-order chi connectivity index (χ1) is 18.0. The van der Waals surface area contributed by atoms with Gasteiger partial charge in [-0.2, -0.15) is 13.2 Å². The maximum Gasteiger partial charge on any atom is 0.393 e.